The van der Waals surface area contributed by atoms with Crippen LogP contribution in [0.3, 0.4) is 0 Å². The molecule has 0 aromatic heterocycles. The Morgan fingerprint density at radius 2 is 1.50 bits per heavy atom. The Bertz CT molecular complexity index is 200. The van der Waals surface area contributed by atoms with Crippen molar-refractivity contribution in [2.75, 3.05) is 52.4 Å². The minimum absolute atomic E-state index is 0.658. The third-order valence-electron chi connectivity index (χ3n) is 4.17. The molecule has 2 saturated heterocycles. The highest BCUT2D eigenvalue weighted by Crippen LogP contribution is 2.03. The van der Waals surface area contributed by atoms with E-state index in [1.165, 1.54) is 25.7 Å². The van der Waals surface area contributed by atoms with Gasteiger partial charge in [-0.15, -0.1) is 0 Å². The van der Waals surface area contributed by atoms with E-state index in [1.54, 1.807) is 0 Å². The molecule has 2 unspecified atom stereocenters. The fourth-order valence-electron chi connectivity index (χ4n) is 2.90. The average Bonchev–Trinajstić information content (AvgIpc) is 2.52. The smallest absolute Gasteiger partial charge is 0.0205 e. The van der Waals surface area contributed by atoms with E-state index in [0.29, 0.717) is 12.1 Å². The molecule has 0 spiro atoms. The molecule has 0 amide bonds. The van der Waals surface area contributed by atoms with E-state index in [0.717, 1.165) is 52.4 Å². The topological polar surface area (TPSA) is 60.1 Å². The summed E-state index contributed by atoms with van der Waals surface area (Å²) in [5.41, 5.74) is 0. The van der Waals surface area contributed by atoms with E-state index in [-0.39, 0.29) is 0 Å². The Balaban J connectivity index is 1.33. The first-order valence-electron chi connectivity index (χ1n) is 8.36. The summed E-state index contributed by atoms with van der Waals surface area (Å²) >= 11 is 0. The first kappa shape index (κ1) is 16.2. The minimum Gasteiger partial charge on any atom is -0.317 e. The van der Waals surface area contributed by atoms with Gasteiger partial charge < -0.3 is 26.6 Å². The van der Waals surface area contributed by atoms with Gasteiger partial charge in [0.2, 0.25) is 0 Å². The van der Waals surface area contributed by atoms with Gasteiger partial charge in [-0.1, -0.05) is 0 Å². The van der Waals surface area contributed by atoms with E-state index < -0.39 is 0 Å². The number of nitrogens with one attached hydrogen (secondary N) is 5. The van der Waals surface area contributed by atoms with Gasteiger partial charge in [-0.3, -0.25) is 0 Å². The molecule has 0 aromatic carbocycles. The Kier molecular flexibility index (Phi) is 8.50. The Labute approximate surface area is 124 Å². The lowest BCUT2D eigenvalue weighted by molar-refractivity contribution is 0.391. The van der Waals surface area contributed by atoms with Crippen LogP contribution < -0.4 is 26.6 Å². The highest BCUT2D eigenvalue weighted by molar-refractivity contribution is 4.79. The minimum atomic E-state index is 0.658. The fourth-order valence-corrected chi connectivity index (χ4v) is 2.90. The summed E-state index contributed by atoms with van der Waals surface area (Å²) in [6, 6.07) is 1.34. The number of unbranched alkanes of at least 4 members (excludes halogenated alkanes) is 2. The Morgan fingerprint density at radius 1 is 0.800 bits per heavy atom. The Morgan fingerprint density at radius 3 is 2.15 bits per heavy atom. The first-order chi connectivity index (χ1) is 9.95. The van der Waals surface area contributed by atoms with E-state index >= 15 is 0 Å². The number of rotatable bonds is 9. The molecule has 5 N–H and O–H groups in total. The van der Waals surface area contributed by atoms with E-state index in [4.69, 9.17) is 0 Å². The molecular formula is C15H32N5. The molecule has 5 nitrogen and oxygen atoms in total. The summed E-state index contributed by atoms with van der Waals surface area (Å²) in [5, 5.41) is 17.5. The molecule has 2 heterocycles. The molecule has 117 valence electrons. The molecule has 20 heavy (non-hydrogen) atoms. The van der Waals surface area contributed by atoms with Gasteiger partial charge in [0.1, 0.15) is 0 Å². The van der Waals surface area contributed by atoms with Crippen molar-refractivity contribution < 1.29 is 0 Å². The second-order valence-corrected chi connectivity index (χ2v) is 5.90. The molecule has 0 aromatic rings. The summed E-state index contributed by atoms with van der Waals surface area (Å²) < 4.78 is 0. The van der Waals surface area contributed by atoms with Crippen LogP contribution >= 0.6 is 0 Å². The second kappa shape index (κ2) is 10.5. The molecule has 5 heteroatoms. The van der Waals surface area contributed by atoms with E-state index in [1.807, 2.05) is 0 Å². The summed E-state index contributed by atoms with van der Waals surface area (Å²) in [4.78, 5) is 0. The third-order valence-corrected chi connectivity index (χ3v) is 4.17. The van der Waals surface area contributed by atoms with Crippen LogP contribution in [-0.4, -0.2) is 64.4 Å². The summed E-state index contributed by atoms with van der Waals surface area (Å²) in [7, 11) is 0. The van der Waals surface area contributed by atoms with Crippen LogP contribution in [0.2, 0.25) is 0 Å². The monoisotopic (exact) mass is 282 g/mol. The zero-order chi connectivity index (χ0) is 13.9. The van der Waals surface area contributed by atoms with Crippen molar-refractivity contribution in [3.8, 4) is 0 Å². The highest BCUT2D eigenvalue weighted by atomic mass is 15.1. The predicted molar refractivity (Wildman–Crippen MR) is 85.0 cm³/mol. The quantitative estimate of drug-likeness (QED) is 0.368. The van der Waals surface area contributed by atoms with Crippen molar-refractivity contribution in [3.63, 3.8) is 0 Å². The normalized spacial score (nSPS) is 27.6. The van der Waals surface area contributed by atoms with Crippen LogP contribution in [0.4, 0.5) is 0 Å². The molecule has 0 saturated carbocycles. The molecule has 2 fully saturated rings. The third kappa shape index (κ3) is 6.99. The molecular weight excluding hydrogens is 250 g/mol. The van der Waals surface area contributed by atoms with Crippen molar-refractivity contribution in [3.05, 3.63) is 6.42 Å². The van der Waals surface area contributed by atoms with Crippen molar-refractivity contribution in [1.29, 1.82) is 0 Å². The predicted octanol–water partition coefficient (Wildman–Crippen LogP) is -0.537. The largest absolute Gasteiger partial charge is 0.317 e. The van der Waals surface area contributed by atoms with Crippen LogP contribution in [0.1, 0.15) is 25.7 Å². The molecule has 2 atom stereocenters. The maximum Gasteiger partial charge on any atom is 0.0205 e. The van der Waals surface area contributed by atoms with Crippen LogP contribution in [0.5, 0.6) is 0 Å². The highest BCUT2D eigenvalue weighted by Gasteiger charge is 2.11. The van der Waals surface area contributed by atoms with Crippen molar-refractivity contribution in [2.45, 2.75) is 37.8 Å². The lowest BCUT2D eigenvalue weighted by Crippen LogP contribution is -2.49. The van der Waals surface area contributed by atoms with E-state index in [2.05, 4.69) is 33.0 Å². The summed E-state index contributed by atoms with van der Waals surface area (Å²) in [6.45, 7) is 8.97. The van der Waals surface area contributed by atoms with Gasteiger partial charge in [0, 0.05) is 51.4 Å². The zero-order valence-corrected chi connectivity index (χ0v) is 12.7. The average molecular weight is 282 g/mol. The number of hydrogen-bond acceptors (Lipinski definition) is 5. The van der Waals surface area contributed by atoms with Gasteiger partial charge in [0.15, 0.2) is 0 Å². The van der Waals surface area contributed by atoms with E-state index in [9.17, 15) is 0 Å². The maximum atomic E-state index is 3.56. The van der Waals surface area contributed by atoms with Gasteiger partial charge in [0.05, 0.1) is 0 Å². The molecule has 0 bridgehead atoms. The van der Waals surface area contributed by atoms with Crippen LogP contribution in [-0.2, 0) is 0 Å². The SMILES string of the molecule is [CH](CCNCCC1CNCCN1)CCC1CNCCN1. The lowest BCUT2D eigenvalue weighted by atomic mass is 10.1. The molecule has 2 aliphatic rings. The number of piperazine rings is 2. The Hall–Kier alpha value is -0.200. The van der Waals surface area contributed by atoms with Crippen molar-refractivity contribution >= 4 is 0 Å². The van der Waals surface area contributed by atoms with Gasteiger partial charge >= 0.3 is 0 Å². The van der Waals surface area contributed by atoms with Gasteiger partial charge in [-0.2, -0.15) is 0 Å². The fraction of sp³-hybridized carbons (Fsp3) is 0.933. The lowest BCUT2D eigenvalue weighted by Gasteiger charge is -2.24. The van der Waals surface area contributed by atoms with Gasteiger partial charge in [0.25, 0.3) is 0 Å². The first-order valence-corrected chi connectivity index (χ1v) is 8.36. The molecule has 2 rings (SSSR count). The summed E-state index contributed by atoms with van der Waals surface area (Å²) in [5.74, 6) is 0. The summed E-state index contributed by atoms with van der Waals surface area (Å²) in [6.07, 6.45) is 7.35. The van der Waals surface area contributed by atoms with Crippen molar-refractivity contribution in [2.24, 2.45) is 0 Å². The van der Waals surface area contributed by atoms with Crippen LogP contribution in [0, 0.1) is 6.42 Å². The van der Waals surface area contributed by atoms with Gasteiger partial charge in [-0.05, 0) is 45.2 Å². The molecule has 0 aliphatic carbocycles. The van der Waals surface area contributed by atoms with Gasteiger partial charge in [-0.25, -0.2) is 0 Å². The standard InChI is InChI=1S/C15H32N5/c1(2-4-14-12-17-8-10-19-14)3-6-16-7-5-15-13-18-9-11-20-15/h1,14-20H,2-13H2. The van der Waals surface area contributed by atoms with Crippen LogP contribution in [0.15, 0.2) is 0 Å². The molecule has 1 radical (unpaired) electrons. The second-order valence-electron chi connectivity index (χ2n) is 5.90. The number of hydrogen-bond donors (Lipinski definition) is 5. The molecule has 2 aliphatic heterocycles. The zero-order valence-electron chi connectivity index (χ0n) is 12.7. The maximum absolute atomic E-state index is 3.56. The van der Waals surface area contributed by atoms with Crippen LogP contribution in [0.25, 0.3) is 0 Å². The van der Waals surface area contributed by atoms with Crippen molar-refractivity contribution in [1.82, 2.24) is 26.6 Å².